The first-order valence-electron chi connectivity index (χ1n) is 7.32. The minimum atomic E-state index is 0.0923. The topological polar surface area (TPSA) is 72.2 Å². The van der Waals surface area contributed by atoms with E-state index in [0.29, 0.717) is 17.6 Å². The monoisotopic (exact) mass is 305 g/mol. The summed E-state index contributed by atoms with van der Waals surface area (Å²) in [6, 6.07) is 2.29. The highest BCUT2D eigenvalue weighted by atomic mass is 32.2. The number of nitrogens with one attached hydrogen (secondary N) is 1. The Balaban J connectivity index is 1.60. The molecule has 0 saturated heterocycles. The molecule has 2 heterocycles. The van der Waals surface area contributed by atoms with E-state index in [1.54, 1.807) is 4.52 Å². The van der Waals surface area contributed by atoms with E-state index >= 15 is 0 Å². The zero-order valence-corrected chi connectivity index (χ0v) is 12.9. The molecule has 112 valence electrons. The maximum atomic E-state index is 12.1. The Morgan fingerprint density at radius 2 is 2.24 bits per heavy atom. The number of aryl methyl sites for hydroxylation is 1. The standard InChI is InChI=1S/C14H19N5OS/c1-10-7-13(19-14(17-10)15-9-16-19)21-8-12(20)18-11-5-3-2-4-6-11/h7,9,11H,2-6,8H2,1H3,(H,18,20). The summed E-state index contributed by atoms with van der Waals surface area (Å²) in [5, 5.41) is 8.17. The first-order valence-corrected chi connectivity index (χ1v) is 8.30. The normalized spacial score (nSPS) is 16.2. The molecule has 1 N–H and O–H groups in total. The predicted molar refractivity (Wildman–Crippen MR) is 81.3 cm³/mol. The Labute approximate surface area is 127 Å². The zero-order chi connectivity index (χ0) is 14.7. The quantitative estimate of drug-likeness (QED) is 0.690. The molecule has 0 aromatic carbocycles. The van der Waals surface area contributed by atoms with Crippen molar-refractivity contribution in [2.24, 2.45) is 0 Å². The fraction of sp³-hybridized carbons (Fsp3) is 0.571. The van der Waals surface area contributed by atoms with Gasteiger partial charge in [0.25, 0.3) is 5.78 Å². The first kappa shape index (κ1) is 14.3. The number of amides is 1. The van der Waals surface area contributed by atoms with Crippen LogP contribution >= 0.6 is 11.8 Å². The second kappa shape index (κ2) is 6.43. The van der Waals surface area contributed by atoms with Crippen molar-refractivity contribution >= 4 is 23.4 Å². The van der Waals surface area contributed by atoms with Crippen molar-refractivity contribution in [3.63, 3.8) is 0 Å². The molecule has 0 atom stereocenters. The summed E-state index contributed by atoms with van der Waals surface area (Å²) < 4.78 is 1.67. The van der Waals surface area contributed by atoms with Gasteiger partial charge in [-0.05, 0) is 25.8 Å². The molecule has 1 fully saturated rings. The number of carbonyl (C=O) groups excluding carboxylic acids is 1. The van der Waals surface area contributed by atoms with Crippen LogP contribution in [0, 0.1) is 6.92 Å². The number of rotatable bonds is 4. The molecule has 0 bridgehead atoms. The van der Waals surface area contributed by atoms with Gasteiger partial charge in [-0.25, -0.2) is 4.98 Å². The van der Waals surface area contributed by atoms with Crippen LogP contribution in [-0.2, 0) is 4.79 Å². The Morgan fingerprint density at radius 3 is 3.05 bits per heavy atom. The molecule has 0 unspecified atom stereocenters. The lowest BCUT2D eigenvalue weighted by Crippen LogP contribution is -2.37. The Kier molecular flexibility index (Phi) is 4.38. The van der Waals surface area contributed by atoms with Crippen molar-refractivity contribution in [3.05, 3.63) is 18.1 Å². The van der Waals surface area contributed by atoms with Crippen LogP contribution in [0.15, 0.2) is 17.4 Å². The number of carbonyl (C=O) groups is 1. The van der Waals surface area contributed by atoms with Gasteiger partial charge in [0.05, 0.1) is 5.75 Å². The van der Waals surface area contributed by atoms with Gasteiger partial charge < -0.3 is 5.32 Å². The van der Waals surface area contributed by atoms with E-state index in [-0.39, 0.29) is 5.91 Å². The lowest BCUT2D eigenvalue weighted by molar-refractivity contribution is -0.119. The second-order valence-corrected chi connectivity index (χ2v) is 6.39. The number of aromatic nitrogens is 4. The lowest BCUT2D eigenvalue weighted by Gasteiger charge is -2.22. The minimum absolute atomic E-state index is 0.0923. The van der Waals surface area contributed by atoms with Crippen LogP contribution in [0.3, 0.4) is 0 Å². The van der Waals surface area contributed by atoms with Gasteiger partial charge in [0.1, 0.15) is 11.4 Å². The van der Waals surface area contributed by atoms with Gasteiger partial charge in [-0.3, -0.25) is 4.79 Å². The van der Waals surface area contributed by atoms with Crippen LogP contribution in [-0.4, -0.2) is 37.3 Å². The molecule has 7 heteroatoms. The molecule has 1 amide bonds. The molecule has 1 aliphatic rings. The average molecular weight is 305 g/mol. The van der Waals surface area contributed by atoms with Gasteiger partial charge in [-0.2, -0.15) is 14.6 Å². The Morgan fingerprint density at radius 1 is 1.43 bits per heavy atom. The minimum Gasteiger partial charge on any atom is -0.353 e. The van der Waals surface area contributed by atoms with Crippen LogP contribution in [0.2, 0.25) is 0 Å². The summed E-state index contributed by atoms with van der Waals surface area (Å²) in [7, 11) is 0. The van der Waals surface area contributed by atoms with Gasteiger partial charge in [0.2, 0.25) is 5.91 Å². The molecule has 21 heavy (non-hydrogen) atoms. The summed E-state index contributed by atoms with van der Waals surface area (Å²) in [5.74, 6) is 1.06. The smallest absolute Gasteiger partial charge is 0.253 e. The van der Waals surface area contributed by atoms with E-state index in [2.05, 4.69) is 20.4 Å². The molecule has 0 aliphatic heterocycles. The maximum absolute atomic E-state index is 12.1. The van der Waals surface area contributed by atoms with Crippen molar-refractivity contribution < 1.29 is 4.79 Å². The fourth-order valence-corrected chi connectivity index (χ4v) is 3.52. The van der Waals surface area contributed by atoms with Crippen molar-refractivity contribution in [2.45, 2.75) is 50.1 Å². The maximum Gasteiger partial charge on any atom is 0.253 e. The van der Waals surface area contributed by atoms with Gasteiger partial charge in [-0.1, -0.05) is 31.0 Å². The molecule has 6 nitrogen and oxygen atoms in total. The molecule has 1 saturated carbocycles. The van der Waals surface area contributed by atoms with Crippen LogP contribution in [0.5, 0.6) is 0 Å². The van der Waals surface area contributed by atoms with E-state index in [4.69, 9.17) is 0 Å². The summed E-state index contributed by atoms with van der Waals surface area (Å²) in [5.41, 5.74) is 0.880. The molecule has 3 rings (SSSR count). The average Bonchev–Trinajstić information content (AvgIpc) is 2.94. The van der Waals surface area contributed by atoms with Crippen molar-refractivity contribution in [2.75, 3.05) is 5.75 Å². The largest absolute Gasteiger partial charge is 0.353 e. The third-order valence-corrected chi connectivity index (χ3v) is 4.66. The molecule has 2 aromatic rings. The number of hydrogen-bond donors (Lipinski definition) is 1. The third kappa shape index (κ3) is 3.53. The number of hydrogen-bond acceptors (Lipinski definition) is 5. The SMILES string of the molecule is Cc1cc(SCC(=O)NC2CCCCC2)n2ncnc2n1. The molecular weight excluding hydrogens is 286 g/mol. The van der Waals surface area contributed by atoms with E-state index in [9.17, 15) is 4.79 Å². The summed E-state index contributed by atoms with van der Waals surface area (Å²) in [6.07, 6.45) is 7.44. The molecule has 0 spiro atoms. The number of fused-ring (bicyclic) bond motifs is 1. The molecule has 2 aromatic heterocycles. The predicted octanol–water partition coefficient (Wildman–Crippen LogP) is 1.97. The highest BCUT2D eigenvalue weighted by Crippen LogP contribution is 2.20. The van der Waals surface area contributed by atoms with Crippen molar-refractivity contribution in [1.29, 1.82) is 0 Å². The zero-order valence-electron chi connectivity index (χ0n) is 12.1. The van der Waals surface area contributed by atoms with Gasteiger partial charge in [0, 0.05) is 11.7 Å². The highest BCUT2D eigenvalue weighted by molar-refractivity contribution is 7.99. The Hall–Kier alpha value is -1.63. The molecule has 1 aliphatic carbocycles. The van der Waals surface area contributed by atoms with E-state index in [0.717, 1.165) is 23.6 Å². The third-order valence-electron chi connectivity index (χ3n) is 3.67. The van der Waals surface area contributed by atoms with Gasteiger partial charge in [-0.15, -0.1) is 0 Å². The van der Waals surface area contributed by atoms with Gasteiger partial charge in [0.15, 0.2) is 0 Å². The summed E-state index contributed by atoms with van der Waals surface area (Å²) in [6.45, 7) is 1.92. The van der Waals surface area contributed by atoms with Crippen molar-refractivity contribution in [1.82, 2.24) is 24.9 Å². The van der Waals surface area contributed by atoms with Crippen LogP contribution in [0.1, 0.15) is 37.8 Å². The highest BCUT2D eigenvalue weighted by Gasteiger charge is 2.16. The van der Waals surface area contributed by atoms with Crippen LogP contribution < -0.4 is 5.32 Å². The van der Waals surface area contributed by atoms with Gasteiger partial charge >= 0.3 is 0 Å². The second-order valence-electron chi connectivity index (χ2n) is 5.40. The fourth-order valence-electron chi connectivity index (χ4n) is 2.66. The van der Waals surface area contributed by atoms with E-state index in [1.165, 1.54) is 37.4 Å². The summed E-state index contributed by atoms with van der Waals surface area (Å²) in [4.78, 5) is 20.4. The van der Waals surface area contributed by atoms with E-state index in [1.807, 2.05) is 13.0 Å². The lowest BCUT2D eigenvalue weighted by atomic mass is 9.95. The van der Waals surface area contributed by atoms with E-state index < -0.39 is 0 Å². The van der Waals surface area contributed by atoms with Crippen molar-refractivity contribution in [3.8, 4) is 0 Å². The first-order chi connectivity index (χ1) is 10.2. The summed E-state index contributed by atoms with van der Waals surface area (Å²) >= 11 is 1.47. The van der Waals surface area contributed by atoms with Crippen LogP contribution in [0.4, 0.5) is 0 Å². The Bertz CT molecular complexity index is 635. The molecular formula is C14H19N5OS. The number of nitrogens with zero attached hydrogens (tertiary/aromatic N) is 4. The van der Waals surface area contributed by atoms with Crippen LogP contribution in [0.25, 0.3) is 5.78 Å². The number of thioether (sulfide) groups is 1. The molecule has 0 radical (unpaired) electrons.